The van der Waals surface area contributed by atoms with Crippen LogP contribution in [0.1, 0.15) is 46.7 Å². The molecule has 4 nitrogen and oxygen atoms in total. The van der Waals surface area contributed by atoms with Gasteiger partial charge in [0.1, 0.15) is 0 Å². The van der Waals surface area contributed by atoms with Crippen LogP contribution >= 0.6 is 0 Å². The maximum absolute atomic E-state index is 10.3. The van der Waals surface area contributed by atoms with Crippen molar-refractivity contribution < 1.29 is 9.84 Å². The van der Waals surface area contributed by atoms with Crippen molar-refractivity contribution in [3.8, 4) is 0 Å². The van der Waals surface area contributed by atoms with Gasteiger partial charge < -0.3 is 14.4 Å². The van der Waals surface area contributed by atoms with E-state index in [0.29, 0.717) is 19.2 Å². The lowest BCUT2D eigenvalue weighted by atomic mass is 10.1. The largest absolute Gasteiger partial charge is 0.389 e. The maximum atomic E-state index is 10.3. The zero-order valence-corrected chi connectivity index (χ0v) is 14.5. The molecule has 2 atom stereocenters. The molecule has 122 valence electrons. The molecule has 4 heteroatoms. The monoisotopic (exact) mass is 296 g/mol. The highest BCUT2D eigenvalue weighted by Gasteiger charge is 2.20. The molecule has 1 aromatic rings. The second kappa shape index (κ2) is 7.97. The van der Waals surface area contributed by atoms with Crippen LogP contribution in [-0.4, -0.2) is 45.5 Å². The Morgan fingerprint density at radius 2 is 2.05 bits per heavy atom. The van der Waals surface area contributed by atoms with Crippen molar-refractivity contribution in [1.82, 2.24) is 9.47 Å². The fourth-order valence-electron chi connectivity index (χ4n) is 2.20. The van der Waals surface area contributed by atoms with E-state index in [2.05, 4.69) is 48.7 Å². The average molecular weight is 296 g/mol. The minimum absolute atomic E-state index is 0.208. The van der Waals surface area contributed by atoms with Crippen LogP contribution in [0.15, 0.2) is 18.3 Å². The number of aryl methyl sites for hydroxylation is 1. The molecule has 0 spiro atoms. The third-order valence-electron chi connectivity index (χ3n) is 3.78. The fraction of sp³-hybridized carbons (Fsp3) is 0.765. The number of rotatable bonds is 8. The lowest BCUT2D eigenvalue weighted by molar-refractivity contribution is -0.0594. The van der Waals surface area contributed by atoms with Gasteiger partial charge in [-0.25, -0.2) is 0 Å². The summed E-state index contributed by atoms with van der Waals surface area (Å²) in [5.74, 6) is 0. The number of hydrogen-bond donors (Lipinski definition) is 1. The van der Waals surface area contributed by atoms with Crippen LogP contribution < -0.4 is 0 Å². The average Bonchev–Trinajstić information content (AvgIpc) is 2.79. The quantitative estimate of drug-likeness (QED) is 0.801. The molecular formula is C17H32N2O2. The van der Waals surface area contributed by atoms with E-state index in [-0.39, 0.29) is 5.60 Å². The minimum atomic E-state index is -0.460. The molecule has 0 bridgehead atoms. The molecule has 0 amide bonds. The van der Waals surface area contributed by atoms with Gasteiger partial charge in [-0.15, -0.1) is 0 Å². The zero-order chi connectivity index (χ0) is 16.0. The van der Waals surface area contributed by atoms with Gasteiger partial charge in [0.15, 0.2) is 0 Å². The highest BCUT2D eigenvalue weighted by atomic mass is 16.5. The van der Waals surface area contributed by atoms with Crippen molar-refractivity contribution in [3.63, 3.8) is 0 Å². The summed E-state index contributed by atoms with van der Waals surface area (Å²) in [6.45, 7) is 12.3. The molecular weight excluding hydrogens is 264 g/mol. The Hall–Kier alpha value is -0.840. The minimum Gasteiger partial charge on any atom is -0.389 e. The van der Waals surface area contributed by atoms with Crippen LogP contribution in [0.2, 0.25) is 0 Å². The van der Waals surface area contributed by atoms with E-state index >= 15 is 0 Å². The van der Waals surface area contributed by atoms with Crippen LogP contribution in [0.3, 0.4) is 0 Å². The van der Waals surface area contributed by atoms with Crippen LogP contribution in [0.4, 0.5) is 0 Å². The van der Waals surface area contributed by atoms with E-state index < -0.39 is 6.10 Å². The number of aliphatic hydroxyl groups excluding tert-OH is 1. The third-order valence-corrected chi connectivity index (χ3v) is 3.78. The Bertz CT molecular complexity index is 409. The Morgan fingerprint density at radius 3 is 2.52 bits per heavy atom. The van der Waals surface area contributed by atoms with E-state index in [1.807, 2.05) is 20.8 Å². The summed E-state index contributed by atoms with van der Waals surface area (Å²) < 4.78 is 7.81. The first-order chi connectivity index (χ1) is 9.73. The molecule has 0 aliphatic carbocycles. The molecule has 1 rings (SSSR count). The van der Waals surface area contributed by atoms with Crippen LogP contribution in [-0.2, 0) is 18.3 Å². The van der Waals surface area contributed by atoms with Gasteiger partial charge in [-0.05, 0) is 46.2 Å². The Kier molecular flexibility index (Phi) is 6.91. The van der Waals surface area contributed by atoms with E-state index in [1.165, 1.54) is 5.69 Å². The molecule has 21 heavy (non-hydrogen) atoms. The van der Waals surface area contributed by atoms with Crippen molar-refractivity contribution in [2.45, 2.75) is 65.3 Å². The predicted octanol–water partition coefficient (Wildman–Crippen LogP) is 2.80. The Labute approximate surface area is 129 Å². The molecule has 0 saturated carbocycles. The van der Waals surface area contributed by atoms with Gasteiger partial charge >= 0.3 is 0 Å². The highest BCUT2D eigenvalue weighted by Crippen LogP contribution is 2.13. The van der Waals surface area contributed by atoms with Gasteiger partial charge in [-0.1, -0.05) is 6.92 Å². The molecule has 0 aliphatic heterocycles. The van der Waals surface area contributed by atoms with Crippen LogP contribution in [0, 0.1) is 0 Å². The Morgan fingerprint density at radius 1 is 1.38 bits per heavy atom. The lowest BCUT2D eigenvalue weighted by Gasteiger charge is -2.31. The van der Waals surface area contributed by atoms with Crippen LogP contribution in [0.5, 0.6) is 0 Å². The van der Waals surface area contributed by atoms with E-state index in [9.17, 15) is 5.11 Å². The number of nitrogens with zero attached hydrogens (tertiary/aromatic N) is 2. The lowest BCUT2D eigenvalue weighted by Crippen LogP contribution is -2.41. The zero-order valence-electron chi connectivity index (χ0n) is 14.5. The van der Waals surface area contributed by atoms with Gasteiger partial charge in [0.25, 0.3) is 0 Å². The molecule has 1 aromatic heterocycles. The summed E-state index contributed by atoms with van der Waals surface area (Å²) >= 11 is 0. The van der Waals surface area contributed by atoms with Crippen molar-refractivity contribution in [3.05, 3.63) is 24.0 Å². The standard InChI is InChI=1S/C17H32N2O2/c1-7-14(2)19(11-15-9-8-10-18(15)6)12-16(20)13-21-17(3,4)5/h8-10,14,16,20H,7,11-13H2,1-6H3/t14-,16+/m1/s1. The van der Waals surface area contributed by atoms with E-state index in [1.54, 1.807) is 0 Å². The van der Waals surface area contributed by atoms with Gasteiger partial charge in [0, 0.05) is 38.1 Å². The maximum Gasteiger partial charge on any atom is 0.0900 e. The second-order valence-electron chi connectivity index (χ2n) is 6.87. The van der Waals surface area contributed by atoms with Crippen molar-refractivity contribution in [2.75, 3.05) is 13.2 Å². The number of aromatic nitrogens is 1. The normalized spacial score (nSPS) is 15.4. The number of ether oxygens (including phenoxy) is 1. The first-order valence-corrected chi connectivity index (χ1v) is 7.89. The summed E-state index contributed by atoms with van der Waals surface area (Å²) in [5, 5.41) is 10.3. The van der Waals surface area contributed by atoms with Crippen molar-refractivity contribution in [1.29, 1.82) is 0 Å². The smallest absolute Gasteiger partial charge is 0.0900 e. The van der Waals surface area contributed by atoms with E-state index in [0.717, 1.165) is 13.0 Å². The topological polar surface area (TPSA) is 37.6 Å². The SMILES string of the molecule is CC[C@@H](C)N(Cc1cccn1C)C[C@H](O)COC(C)(C)C. The van der Waals surface area contributed by atoms with Gasteiger partial charge in [-0.3, -0.25) is 4.90 Å². The first kappa shape index (κ1) is 18.2. The fourth-order valence-corrected chi connectivity index (χ4v) is 2.20. The van der Waals surface area contributed by atoms with Crippen molar-refractivity contribution in [2.24, 2.45) is 7.05 Å². The summed E-state index contributed by atoms with van der Waals surface area (Å²) in [6.07, 6.45) is 2.67. The van der Waals surface area contributed by atoms with Gasteiger partial charge in [0.05, 0.1) is 18.3 Å². The van der Waals surface area contributed by atoms with E-state index in [4.69, 9.17) is 4.74 Å². The van der Waals surface area contributed by atoms with Crippen LogP contribution in [0.25, 0.3) is 0 Å². The highest BCUT2D eigenvalue weighted by molar-refractivity contribution is 5.06. The summed E-state index contributed by atoms with van der Waals surface area (Å²) in [4.78, 5) is 2.33. The van der Waals surface area contributed by atoms with Gasteiger partial charge in [-0.2, -0.15) is 0 Å². The molecule has 0 aliphatic rings. The number of aliphatic hydroxyl groups is 1. The Balaban J connectivity index is 2.60. The number of hydrogen-bond acceptors (Lipinski definition) is 3. The molecule has 0 fully saturated rings. The summed E-state index contributed by atoms with van der Waals surface area (Å²) in [7, 11) is 2.06. The molecule has 1 heterocycles. The summed E-state index contributed by atoms with van der Waals surface area (Å²) in [5.41, 5.74) is 1.06. The third kappa shape index (κ3) is 6.64. The van der Waals surface area contributed by atoms with Gasteiger partial charge in [0.2, 0.25) is 0 Å². The molecule has 0 saturated heterocycles. The molecule has 0 radical (unpaired) electrons. The van der Waals surface area contributed by atoms with Crippen molar-refractivity contribution >= 4 is 0 Å². The second-order valence-corrected chi connectivity index (χ2v) is 6.87. The molecule has 1 N–H and O–H groups in total. The molecule has 0 aromatic carbocycles. The summed E-state index contributed by atoms with van der Waals surface area (Å²) in [6, 6.07) is 4.63. The predicted molar refractivity (Wildman–Crippen MR) is 87.3 cm³/mol. The first-order valence-electron chi connectivity index (χ1n) is 7.89. The molecule has 0 unspecified atom stereocenters.